The molecule has 0 aliphatic rings. The lowest BCUT2D eigenvalue weighted by molar-refractivity contribution is -0.135. The predicted octanol–water partition coefficient (Wildman–Crippen LogP) is -0.734. The van der Waals surface area contributed by atoms with E-state index < -0.39 is 5.97 Å². The molecule has 46 valence electrons. The second kappa shape index (κ2) is 2.90. The molecule has 4 nitrogen and oxygen atoms in total. The number of carbonyl (C=O) groups excluding carboxylic acids is 1. The molecular formula is C4H8N2O2. The summed E-state index contributed by atoms with van der Waals surface area (Å²) >= 11 is 0. The Labute approximate surface area is 47.1 Å². The van der Waals surface area contributed by atoms with Gasteiger partial charge in [0, 0.05) is 6.92 Å². The maximum absolute atomic E-state index is 9.97. The van der Waals surface area contributed by atoms with Gasteiger partial charge in [-0.15, -0.1) is 0 Å². The molecule has 8 heavy (non-hydrogen) atoms. The maximum atomic E-state index is 9.97. The number of hydrogen-bond acceptors (Lipinski definition) is 4. The van der Waals surface area contributed by atoms with E-state index in [-0.39, 0.29) is 5.82 Å². The molecule has 0 heterocycles. The zero-order valence-electron chi connectivity index (χ0n) is 4.55. The molecule has 0 unspecified atom stereocenters. The monoisotopic (exact) mass is 116 g/mol. The minimum atomic E-state index is -0.432. The van der Waals surface area contributed by atoms with Crippen LogP contribution in [0.15, 0.2) is 12.1 Å². The molecule has 0 aliphatic heterocycles. The van der Waals surface area contributed by atoms with Gasteiger partial charge in [0.15, 0.2) is 0 Å². The number of carbonyl (C=O) groups is 1. The Morgan fingerprint density at radius 3 is 2.25 bits per heavy atom. The smallest absolute Gasteiger partial charge is 0.307 e. The van der Waals surface area contributed by atoms with E-state index >= 15 is 0 Å². The summed E-state index contributed by atoms with van der Waals surface area (Å²) in [6.45, 7) is 1.26. The summed E-state index contributed by atoms with van der Waals surface area (Å²) in [5.74, 6) is -0.446. The molecule has 0 aromatic rings. The van der Waals surface area contributed by atoms with E-state index in [9.17, 15) is 4.79 Å². The van der Waals surface area contributed by atoms with Crippen LogP contribution in [0.3, 0.4) is 0 Å². The summed E-state index contributed by atoms with van der Waals surface area (Å²) in [6.07, 6.45) is 0.988. The van der Waals surface area contributed by atoms with Crippen molar-refractivity contribution in [2.75, 3.05) is 0 Å². The van der Waals surface area contributed by atoms with Gasteiger partial charge in [-0.05, 0) is 0 Å². The third-order valence-electron chi connectivity index (χ3n) is 0.361. The van der Waals surface area contributed by atoms with Crippen LogP contribution in [0.5, 0.6) is 0 Å². The lowest BCUT2D eigenvalue weighted by Crippen LogP contribution is -2.09. The number of ether oxygens (including phenoxy) is 1. The lowest BCUT2D eigenvalue weighted by Gasteiger charge is -1.90. The highest BCUT2D eigenvalue weighted by Gasteiger charge is 1.84. The van der Waals surface area contributed by atoms with Gasteiger partial charge in [0.25, 0.3) is 0 Å². The van der Waals surface area contributed by atoms with Crippen molar-refractivity contribution in [1.29, 1.82) is 0 Å². The first-order chi connectivity index (χ1) is 3.63. The van der Waals surface area contributed by atoms with Crippen molar-refractivity contribution < 1.29 is 9.53 Å². The summed E-state index contributed by atoms with van der Waals surface area (Å²) in [5.41, 5.74) is 9.80. The van der Waals surface area contributed by atoms with Gasteiger partial charge in [-0.2, -0.15) is 0 Å². The van der Waals surface area contributed by atoms with Crippen molar-refractivity contribution in [2.45, 2.75) is 6.92 Å². The van der Waals surface area contributed by atoms with Crippen LogP contribution in [-0.2, 0) is 9.53 Å². The van der Waals surface area contributed by atoms with E-state index in [1.165, 1.54) is 6.92 Å². The fourth-order valence-electron chi connectivity index (χ4n) is 0.151. The Morgan fingerprint density at radius 2 is 2.12 bits per heavy atom. The fourth-order valence-corrected chi connectivity index (χ4v) is 0.151. The highest BCUT2D eigenvalue weighted by molar-refractivity contribution is 5.66. The quantitative estimate of drug-likeness (QED) is 0.349. The summed E-state index contributed by atoms with van der Waals surface area (Å²) < 4.78 is 4.25. The fraction of sp³-hybridized carbons (Fsp3) is 0.250. The minimum Gasteiger partial charge on any atom is -0.431 e. The van der Waals surface area contributed by atoms with Gasteiger partial charge in [0.2, 0.25) is 0 Å². The number of esters is 1. The second-order valence-corrected chi connectivity index (χ2v) is 1.23. The molecule has 0 rings (SSSR count). The molecule has 4 N–H and O–H groups in total. The van der Waals surface area contributed by atoms with Gasteiger partial charge >= 0.3 is 5.97 Å². The first-order valence-electron chi connectivity index (χ1n) is 2.01. The van der Waals surface area contributed by atoms with Crippen LogP contribution in [0, 0.1) is 0 Å². The predicted molar refractivity (Wildman–Crippen MR) is 28.2 cm³/mol. The lowest BCUT2D eigenvalue weighted by atomic mass is 10.8. The van der Waals surface area contributed by atoms with Gasteiger partial charge < -0.3 is 16.2 Å². The normalized spacial score (nSPS) is 7.62. The van der Waals surface area contributed by atoms with Crippen LogP contribution in [0.2, 0.25) is 0 Å². The van der Waals surface area contributed by atoms with E-state index in [4.69, 9.17) is 11.5 Å². The molecule has 0 aliphatic carbocycles. The Kier molecular flexibility index (Phi) is 2.47. The van der Waals surface area contributed by atoms with Crippen molar-refractivity contribution in [3.8, 4) is 0 Å². The molecule has 0 atom stereocenters. The average molecular weight is 116 g/mol. The number of hydrogen-bond donors (Lipinski definition) is 2. The van der Waals surface area contributed by atoms with Crippen LogP contribution in [0.25, 0.3) is 0 Å². The molecular weight excluding hydrogens is 108 g/mol. The highest BCUT2D eigenvalue weighted by atomic mass is 16.5. The standard InChI is InChI=1S/C4H8N2O2/c1-3(7)8-2-4(5)6/h2H,5-6H2,1H3. The topological polar surface area (TPSA) is 78.3 Å². The van der Waals surface area contributed by atoms with Gasteiger partial charge in [-0.1, -0.05) is 0 Å². The Hall–Kier alpha value is -1.19. The second-order valence-electron chi connectivity index (χ2n) is 1.23. The largest absolute Gasteiger partial charge is 0.431 e. The van der Waals surface area contributed by atoms with Gasteiger partial charge in [0.05, 0.1) is 0 Å². The van der Waals surface area contributed by atoms with Crippen LogP contribution in [0.1, 0.15) is 6.92 Å². The summed E-state index contributed by atoms with van der Waals surface area (Å²) in [5, 5.41) is 0. The average Bonchev–Trinajstić information content (AvgIpc) is 1.61. The molecule has 0 amide bonds. The Balaban J connectivity index is 3.45. The molecule has 0 saturated heterocycles. The first kappa shape index (κ1) is 6.81. The molecule has 0 aromatic carbocycles. The van der Waals surface area contributed by atoms with Gasteiger partial charge in [0.1, 0.15) is 12.1 Å². The third kappa shape index (κ3) is 4.81. The minimum absolute atomic E-state index is 0.0137. The third-order valence-corrected chi connectivity index (χ3v) is 0.361. The molecule has 0 aromatic heterocycles. The van der Waals surface area contributed by atoms with E-state index in [0.717, 1.165) is 6.26 Å². The number of nitrogens with two attached hydrogens (primary N) is 2. The maximum Gasteiger partial charge on any atom is 0.307 e. The summed E-state index contributed by atoms with van der Waals surface area (Å²) in [4.78, 5) is 9.97. The Morgan fingerprint density at radius 1 is 1.62 bits per heavy atom. The molecule has 0 fully saturated rings. The highest BCUT2D eigenvalue weighted by Crippen LogP contribution is 1.76. The van der Waals surface area contributed by atoms with E-state index in [1.54, 1.807) is 0 Å². The molecule has 0 bridgehead atoms. The molecule has 0 saturated carbocycles. The van der Waals surface area contributed by atoms with Crippen LogP contribution >= 0.6 is 0 Å². The molecule has 0 radical (unpaired) electrons. The van der Waals surface area contributed by atoms with Crippen LogP contribution in [0.4, 0.5) is 0 Å². The first-order valence-corrected chi connectivity index (χ1v) is 2.01. The summed E-state index contributed by atoms with van der Waals surface area (Å²) in [6, 6.07) is 0. The Bertz CT molecular complexity index is 115. The van der Waals surface area contributed by atoms with Crippen LogP contribution in [-0.4, -0.2) is 5.97 Å². The van der Waals surface area contributed by atoms with Crippen molar-refractivity contribution in [2.24, 2.45) is 11.5 Å². The molecule has 4 heteroatoms. The van der Waals surface area contributed by atoms with Crippen molar-refractivity contribution in [1.82, 2.24) is 0 Å². The van der Waals surface area contributed by atoms with Crippen molar-refractivity contribution in [3.63, 3.8) is 0 Å². The SMILES string of the molecule is CC(=O)OC=C(N)N. The van der Waals surface area contributed by atoms with Crippen LogP contribution < -0.4 is 11.5 Å². The molecule has 0 spiro atoms. The summed E-state index contributed by atoms with van der Waals surface area (Å²) in [7, 11) is 0. The van der Waals surface area contributed by atoms with Gasteiger partial charge in [-0.3, -0.25) is 4.79 Å². The number of rotatable bonds is 1. The zero-order valence-corrected chi connectivity index (χ0v) is 4.55. The van der Waals surface area contributed by atoms with Crippen molar-refractivity contribution >= 4 is 5.97 Å². The van der Waals surface area contributed by atoms with Crippen molar-refractivity contribution in [3.05, 3.63) is 12.1 Å². The van der Waals surface area contributed by atoms with E-state index in [2.05, 4.69) is 4.74 Å². The zero-order chi connectivity index (χ0) is 6.57. The van der Waals surface area contributed by atoms with Gasteiger partial charge in [-0.25, -0.2) is 0 Å². The van der Waals surface area contributed by atoms with E-state index in [0.29, 0.717) is 0 Å². The van der Waals surface area contributed by atoms with E-state index in [1.807, 2.05) is 0 Å².